The lowest BCUT2D eigenvalue weighted by Gasteiger charge is -2.13. The highest BCUT2D eigenvalue weighted by Crippen LogP contribution is 2.28. The van der Waals surface area contributed by atoms with Gasteiger partial charge in [0.2, 0.25) is 11.8 Å². The average Bonchev–Trinajstić information content (AvgIpc) is 2.68. The van der Waals surface area contributed by atoms with Crippen LogP contribution in [0.3, 0.4) is 0 Å². The first-order valence-electron chi connectivity index (χ1n) is 9.02. The van der Waals surface area contributed by atoms with Crippen LogP contribution in [0.2, 0.25) is 0 Å². The van der Waals surface area contributed by atoms with Crippen molar-refractivity contribution >= 4 is 23.7 Å². The molecular formula is C21H25N3O5. The highest BCUT2D eigenvalue weighted by Gasteiger charge is 2.11. The molecule has 0 aliphatic rings. The fraction of sp³-hybridized carbons (Fsp3) is 0.286. The number of carbonyl (C=O) groups is 2. The van der Waals surface area contributed by atoms with Crippen molar-refractivity contribution < 1.29 is 23.8 Å². The third kappa shape index (κ3) is 6.84. The second-order valence-corrected chi connectivity index (χ2v) is 6.30. The van der Waals surface area contributed by atoms with E-state index in [9.17, 15) is 9.59 Å². The minimum atomic E-state index is -0.541. The summed E-state index contributed by atoms with van der Waals surface area (Å²) in [5, 5.41) is 6.51. The summed E-state index contributed by atoms with van der Waals surface area (Å²) in [6.07, 6.45) is 1.10. The summed E-state index contributed by atoms with van der Waals surface area (Å²) in [5.41, 5.74) is 3.53. The molecule has 8 heteroatoms. The first-order valence-corrected chi connectivity index (χ1v) is 9.02. The van der Waals surface area contributed by atoms with Gasteiger partial charge in [-0.3, -0.25) is 9.59 Å². The zero-order valence-electron chi connectivity index (χ0n) is 16.9. The number of hydrogen-bond acceptors (Lipinski definition) is 6. The van der Waals surface area contributed by atoms with Crippen LogP contribution >= 0.6 is 0 Å². The van der Waals surface area contributed by atoms with Gasteiger partial charge in [-0.1, -0.05) is 12.1 Å². The smallest absolute Gasteiger partial charge is 0.249 e. The lowest BCUT2D eigenvalue weighted by Crippen LogP contribution is -2.24. The van der Waals surface area contributed by atoms with Crippen LogP contribution in [0.5, 0.6) is 17.2 Å². The maximum Gasteiger partial charge on any atom is 0.249 e. The number of para-hydroxylation sites is 2. The van der Waals surface area contributed by atoms with Gasteiger partial charge in [0.15, 0.2) is 11.5 Å². The molecule has 0 bridgehead atoms. The highest BCUT2D eigenvalue weighted by molar-refractivity contribution is 6.04. The number of hydrogen-bond donors (Lipinski definition) is 2. The van der Waals surface area contributed by atoms with Gasteiger partial charge in [0.25, 0.3) is 0 Å². The van der Waals surface area contributed by atoms with E-state index in [1.54, 1.807) is 49.6 Å². The summed E-state index contributed by atoms with van der Waals surface area (Å²) < 4.78 is 16.1. The van der Waals surface area contributed by atoms with Crippen LogP contribution in [0.1, 0.15) is 25.8 Å². The van der Waals surface area contributed by atoms with Crippen molar-refractivity contribution in [2.24, 2.45) is 5.10 Å². The minimum Gasteiger partial charge on any atom is -0.495 e. The molecule has 0 saturated carbocycles. The molecule has 2 aromatic rings. The molecule has 2 rings (SSSR count). The Kier molecular flexibility index (Phi) is 8.02. The standard InChI is InChI=1S/C21H25N3O5/c1-14(2)29-18-10-9-15(11-19(18)28-4)13-22-24-21(26)12-20(25)23-16-7-5-6-8-17(16)27-3/h5-11,13-14H,12H2,1-4H3,(H,23,25)(H,24,26). The van der Waals surface area contributed by atoms with Gasteiger partial charge >= 0.3 is 0 Å². The van der Waals surface area contributed by atoms with Crippen molar-refractivity contribution in [2.45, 2.75) is 26.4 Å². The largest absolute Gasteiger partial charge is 0.495 e. The monoisotopic (exact) mass is 399 g/mol. The summed E-state index contributed by atoms with van der Waals surface area (Å²) in [6, 6.07) is 12.2. The molecule has 0 aliphatic carbocycles. The van der Waals surface area contributed by atoms with Gasteiger partial charge in [-0.2, -0.15) is 5.10 Å². The maximum absolute atomic E-state index is 12.0. The number of methoxy groups -OCH3 is 2. The number of ether oxygens (including phenoxy) is 3. The number of nitrogens with one attached hydrogen (secondary N) is 2. The van der Waals surface area contributed by atoms with Gasteiger partial charge in [0.1, 0.15) is 12.2 Å². The SMILES string of the molecule is COc1ccccc1NC(=O)CC(=O)NN=Cc1ccc(OC(C)C)c(OC)c1. The number of benzene rings is 2. The number of carbonyl (C=O) groups excluding carboxylic acids is 2. The molecule has 154 valence electrons. The Hall–Kier alpha value is -3.55. The lowest BCUT2D eigenvalue weighted by atomic mass is 10.2. The van der Waals surface area contributed by atoms with Crippen molar-refractivity contribution in [1.29, 1.82) is 0 Å². The zero-order chi connectivity index (χ0) is 21.2. The Bertz CT molecular complexity index is 880. The molecule has 0 aromatic heterocycles. The second kappa shape index (κ2) is 10.7. The van der Waals surface area contributed by atoms with Gasteiger partial charge < -0.3 is 19.5 Å². The van der Waals surface area contributed by atoms with E-state index in [2.05, 4.69) is 15.8 Å². The molecule has 2 aromatic carbocycles. The molecule has 0 spiro atoms. The van der Waals surface area contributed by atoms with Crippen molar-refractivity contribution in [3.63, 3.8) is 0 Å². The molecule has 2 N–H and O–H groups in total. The first-order chi connectivity index (χ1) is 13.9. The molecule has 29 heavy (non-hydrogen) atoms. The molecule has 0 radical (unpaired) electrons. The van der Waals surface area contributed by atoms with Crippen molar-refractivity contribution in [1.82, 2.24) is 5.43 Å². The summed E-state index contributed by atoms with van der Waals surface area (Å²) in [7, 11) is 3.05. The van der Waals surface area contributed by atoms with Crippen LogP contribution in [-0.4, -0.2) is 38.4 Å². The molecule has 0 aliphatic heterocycles. The zero-order valence-corrected chi connectivity index (χ0v) is 16.9. The summed E-state index contributed by atoms with van der Waals surface area (Å²) in [5.74, 6) is 0.680. The molecular weight excluding hydrogens is 374 g/mol. The molecule has 0 saturated heterocycles. The van der Waals surface area contributed by atoms with Crippen LogP contribution in [0.25, 0.3) is 0 Å². The predicted molar refractivity (Wildman–Crippen MR) is 111 cm³/mol. The Labute approximate surface area is 169 Å². The van der Waals surface area contributed by atoms with Crippen LogP contribution in [-0.2, 0) is 9.59 Å². The Balaban J connectivity index is 1.89. The third-order valence-electron chi connectivity index (χ3n) is 3.66. The van der Waals surface area contributed by atoms with Crippen molar-refractivity contribution in [3.05, 3.63) is 48.0 Å². The third-order valence-corrected chi connectivity index (χ3v) is 3.66. The van der Waals surface area contributed by atoms with E-state index >= 15 is 0 Å². The Morgan fingerprint density at radius 2 is 1.72 bits per heavy atom. The first kappa shape index (κ1) is 21.7. The van der Waals surface area contributed by atoms with Crippen LogP contribution < -0.4 is 25.0 Å². The van der Waals surface area contributed by atoms with E-state index in [1.807, 2.05) is 13.8 Å². The van der Waals surface area contributed by atoms with Crippen molar-refractivity contribution in [3.8, 4) is 17.2 Å². The molecule has 0 unspecified atom stereocenters. The van der Waals surface area contributed by atoms with E-state index in [0.717, 1.165) is 0 Å². The van der Waals surface area contributed by atoms with E-state index in [1.165, 1.54) is 13.3 Å². The van der Waals surface area contributed by atoms with E-state index in [0.29, 0.717) is 28.5 Å². The van der Waals surface area contributed by atoms with E-state index in [-0.39, 0.29) is 12.5 Å². The number of rotatable bonds is 9. The maximum atomic E-state index is 12.0. The van der Waals surface area contributed by atoms with Crippen LogP contribution in [0.15, 0.2) is 47.6 Å². The topological polar surface area (TPSA) is 98.2 Å². The Morgan fingerprint density at radius 3 is 2.41 bits per heavy atom. The average molecular weight is 399 g/mol. The fourth-order valence-corrected chi connectivity index (χ4v) is 2.42. The Morgan fingerprint density at radius 1 is 1.00 bits per heavy atom. The molecule has 0 heterocycles. The highest BCUT2D eigenvalue weighted by atomic mass is 16.5. The molecule has 0 fully saturated rings. The molecule has 0 atom stereocenters. The van der Waals surface area contributed by atoms with Crippen LogP contribution in [0, 0.1) is 0 Å². The molecule has 2 amide bonds. The van der Waals surface area contributed by atoms with Crippen LogP contribution in [0.4, 0.5) is 5.69 Å². The number of hydrazone groups is 1. The lowest BCUT2D eigenvalue weighted by molar-refractivity contribution is -0.126. The normalized spacial score (nSPS) is 10.7. The van der Waals surface area contributed by atoms with Gasteiger partial charge in [-0.15, -0.1) is 0 Å². The number of anilines is 1. The van der Waals surface area contributed by atoms with E-state index in [4.69, 9.17) is 14.2 Å². The number of amides is 2. The van der Waals surface area contributed by atoms with Gasteiger partial charge in [-0.25, -0.2) is 5.43 Å². The minimum absolute atomic E-state index is 0.0182. The van der Waals surface area contributed by atoms with Gasteiger partial charge in [0.05, 0.1) is 32.2 Å². The quantitative estimate of drug-likeness (QED) is 0.384. The van der Waals surface area contributed by atoms with Gasteiger partial charge in [0, 0.05) is 0 Å². The van der Waals surface area contributed by atoms with Crippen molar-refractivity contribution in [2.75, 3.05) is 19.5 Å². The molecule has 8 nitrogen and oxygen atoms in total. The van der Waals surface area contributed by atoms with E-state index < -0.39 is 11.8 Å². The summed E-state index contributed by atoms with van der Waals surface area (Å²) >= 11 is 0. The predicted octanol–water partition coefficient (Wildman–Crippen LogP) is 2.97. The summed E-state index contributed by atoms with van der Waals surface area (Å²) in [6.45, 7) is 3.85. The number of nitrogens with zero attached hydrogens (tertiary/aromatic N) is 1. The van der Waals surface area contributed by atoms with Gasteiger partial charge in [-0.05, 0) is 49.7 Å². The summed E-state index contributed by atoms with van der Waals surface area (Å²) in [4.78, 5) is 23.9. The second-order valence-electron chi connectivity index (χ2n) is 6.30. The fourth-order valence-electron chi connectivity index (χ4n) is 2.42.